The molecular weight excluding hydrogens is 450 g/mol. The summed E-state index contributed by atoms with van der Waals surface area (Å²) in [6, 6.07) is 14.7. The molecule has 0 spiro atoms. The standard InChI is InChI=1S/C26H27N3O4S/c1-17-7-10-20(11-8-17)28-25(30)16-33-21-12-9-18(13-22(21)32-2)15-27-29-26(31)24-14-19-5-3-4-6-23(19)34-24/h7-15H,3-6,16H2,1-2H3,(H,28,30)(H,29,31). The van der Waals surface area contributed by atoms with Gasteiger partial charge in [-0.3, -0.25) is 9.59 Å². The van der Waals surface area contributed by atoms with Crippen molar-refractivity contribution in [2.45, 2.75) is 32.6 Å². The van der Waals surface area contributed by atoms with E-state index in [4.69, 9.17) is 9.47 Å². The molecule has 34 heavy (non-hydrogen) atoms. The van der Waals surface area contributed by atoms with Crippen LogP contribution in [0, 0.1) is 6.92 Å². The van der Waals surface area contributed by atoms with Gasteiger partial charge in [0.15, 0.2) is 18.1 Å². The number of rotatable bonds is 8. The molecule has 2 aromatic carbocycles. The van der Waals surface area contributed by atoms with E-state index in [2.05, 4.69) is 15.8 Å². The Kier molecular flexibility index (Phi) is 7.59. The van der Waals surface area contributed by atoms with Crippen molar-refractivity contribution in [3.63, 3.8) is 0 Å². The third-order valence-corrected chi connectivity index (χ3v) is 6.72. The summed E-state index contributed by atoms with van der Waals surface area (Å²) in [6.07, 6.45) is 6.01. The van der Waals surface area contributed by atoms with Crippen LogP contribution in [0.2, 0.25) is 0 Å². The molecule has 2 amide bonds. The Labute approximate surface area is 202 Å². The zero-order valence-electron chi connectivity index (χ0n) is 19.2. The quantitative estimate of drug-likeness (QED) is 0.363. The molecule has 0 radical (unpaired) electrons. The Morgan fingerprint density at radius 2 is 1.85 bits per heavy atom. The van der Waals surface area contributed by atoms with Crippen molar-refractivity contribution in [2.75, 3.05) is 19.0 Å². The number of thiophene rings is 1. The van der Waals surface area contributed by atoms with Crippen LogP contribution in [-0.2, 0) is 17.6 Å². The van der Waals surface area contributed by atoms with Crippen LogP contribution in [0.5, 0.6) is 11.5 Å². The second kappa shape index (κ2) is 11.0. The van der Waals surface area contributed by atoms with Gasteiger partial charge in [-0.2, -0.15) is 5.10 Å². The molecule has 0 saturated carbocycles. The topological polar surface area (TPSA) is 89.0 Å². The van der Waals surface area contributed by atoms with Gasteiger partial charge in [0.1, 0.15) is 0 Å². The van der Waals surface area contributed by atoms with E-state index in [1.807, 2.05) is 37.3 Å². The largest absolute Gasteiger partial charge is 0.493 e. The molecule has 1 heterocycles. The summed E-state index contributed by atoms with van der Waals surface area (Å²) in [4.78, 5) is 26.6. The van der Waals surface area contributed by atoms with Crippen LogP contribution < -0.4 is 20.2 Å². The van der Waals surface area contributed by atoms with E-state index < -0.39 is 0 Å². The van der Waals surface area contributed by atoms with Gasteiger partial charge in [-0.05, 0) is 80.1 Å². The summed E-state index contributed by atoms with van der Waals surface area (Å²) >= 11 is 1.55. The molecule has 8 heteroatoms. The third kappa shape index (κ3) is 6.02. The zero-order chi connectivity index (χ0) is 23.9. The van der Waals surface area contributed by atoms with Crippen LogP contribution in [0.1, 0.15) is 44.1 Å². The van der Waals surface area contributed by atoms with Crippen LogP contribution in [0.3, 0.4) is 0 Å². The summed E-state index contributed by atoms with van der Waals surface area (Å²) in [5, 5.41) is 6.87. The fraction of sp³-hybridized carbons (Fsp3) is 0.269. The van der Waals surface area contributed by atoms with Gasteiger partial charge < -0.3 is 14.8 Å². The molecule has 0 atom stereocenters. The molecular formula is C26H27N3O4S. The molecule has 0 bridgehead atoms. The normalized spacial score (nSPS) is 12.8. The number of aryl methyl sites for hydroxylation is 3. The van der Waals surface area contributed by atoms with E-state index in [1.54, 1.807) is 35.8 Å². The van der Waals surface area contributed by atoms with Crippen molar-refractivity contribution in [3.05, 3.63) is 75.0 Å². The number of hydrogen-bond acceptors (Lipinski definition) is 6. The first-order valence-electron chi connectivity index (χ1n) is 11.1. The average Bonchev–Trinajstić information content (AvgIpc) is 3.29. The fourth-order valence-electron chi connectivity index (χ4n) is 3.68. The number of fused-ring (bicyclic) bond motifs is 1. The number of methoxy groups -OCH3 is 1. The number of benzene rings is 2. The molecule has 2 N–H and O–H groups in total. The molecule has 0 aliphatic heterocycles. The van der Waals surface area contributed by atoms with Crippen molar-refractivity contribution in [1.29, 1.82) is 0 Å². The van der Waals surface area contributed by atoms with E-state index >= 15 is 0 Å². The molecule has 3 aromatic rings. The summed E-state index contributed by atoms with van der Waals surface area (Å²) in [7, 11) is 1.52. The second-order valence-corrected chi connectivity index (χ2v) is 9.22. The predicted octanol–water partition coefficient (Wildman–Crippen LogP) is 4.73. The Hall–Kier alpha value is -3.65. The lowest BCUT2D eigenvalue weighted by atomic mass is 9.99. The molecule has 7 nitrogen and oxygen atoms in total. The van der Waals surface area contributed by atoms with Gasteiger partial charge >= 0.3 is 0 Å². The number of nitrogens with one attached hydrogen (secondary N) is 2. The predicted molar refractivity (Wildman–Crippen MR) is 134 cm³/mol. The summed E-state index contributed by atoms with van der Waals surface area (Å²) in [6.45, 7) is 1.83. The second-order valence-electron chi connectivity index (χ2n) is 8.08. The maximum atomic E-state index is 12.4. The smallest absolute Gasteiger partial charge is 0.281 e. The Morgan fingerprint density at radius 3 is 2.62 bits per heavy atom. The lowest BCUT2D eigenvalue weighted by Gasteiger charge is -2.11. The Morgan fingerprint density at radius 1 is 1.06 bits per heavy atom. The van der Waals surface area contributed by atoms with E-state index in [9.17, 15) is 9.59 Å². The average molecular weight is 478 g/mol. The highest BCUT2D eigenvalue weighted by Gasteiger charge is 2.17. The van der Waals surface area contributed by atoms with E-state index in [0.29, 0.717) is 22.1 Å². The van der Waals surface area contributed by atoms with E-state index in [0.717, 1.165) is 24.0 Å². The van der Waals surface area contributed by atoms with Crippen LogP contribution in [-0.4, -0.2) is 31.7 Å². The minimum atomic E-state index is -0.269. The van der Waals surface area contributed by atoms with Gasteiger partial charge in [0.2, 0.25) is 0 Å². The fourth-order valence-corrected chi connectivity index (χ4v) is 4.83. The summed E-state index contributed by atoms with van der Waals surface area (Å²) in [5.41, 5.74) is 6.43. The van der Waals surface area contributed by atoms with Crippen molar-refractivity contribution < 1.29 is 19.1 Å². The van der Waals surface area contributed by atoms with Crippen molar-refractivity contribution in [1.82, 2.24) is 5.43 Å². The van der Waals surface area contributed by atoms with E-state index in [1.165, 1.54) is 30.4 Å². The SMILES string of the molecule is COc1cc(C=NNC(=O)c2cc3c(s2)CCCC3)ccc1OCC(=O)Nc1ccc(C)cc1. The number of amides is 2. The zero-order valence-corrected chi connectivity index (χ0v) is 20.0. The minimum absolute atomic E-state index is 0.154. The molecule has 1 aromatic heterocycles. The van der Waals surface area contributed by atoms with Crippen molar-refractivity contribution in [3.8, 4) is 11.5 Å². The number of nitrogens with zero attached hydrogens (tertiary/aromatic N) is 1. The summed E-state index contributed by atoms with van der Waals surface area (Å²) < 4.78 is 11.0. The highest BCUT2D eigenvalue weighted by molar-refractivity contribution is 7.14. The van der Waals surface area contributed by atoms with Crippen LogP contribution >= 0.6 is 11.3 Å². The minimum Gasteiger partial charge on any atom is -0.493 e. The number of hydrogen-bond donors (Lipinski definition) is 2. The third-order valence-electron chi connectivity index (χ3n) is 5.48. The summed E-state index contributed by atoms with van der Waals surface area (Å²) in [5.74, 6) is 0.424. The Bertz CT molecular complexity index is 1180. The molecule has 0 unspecified atom stereocenters. The maximum absolute atomic E-state index is 12.4. The molecule has 1 aliphatic carbocycles. The number of carbonyl (C=O) groups excluding carboxylic acids is 2. The van der Waals surface area contributed by atoms with Gasteiger partial charge in [-0.25, -0.2) is 5.43 Å². The maximum Gasteiger partial charge on any atom is 0.281 e. The van der Waals surface area contributed by atoms with Crippen molar-refractivity contribution in [2.24, 2.45) is 5.10 Å². The molecule has 0 saturated heterocycles. The first-order valence-corrected chi connectivity index (χ1v) is 12.0. The number of ether oxygens (including phenoxy) is 2. The van der Waals surface area contributed by atoms with Crippen LogP contribution in [0.4, 0.5) is 5.69 Å². The molecule has 0 fully saturated rings. The molecule has 4 rings (SSSR count). The van der Waals surface area contributed by atoms with Gasteiger partial charge in [-0.15, -0.1) is 11.3 Å². The van der Waals surface area contributed by atoms with Gasteiger partial charge in [0, 0.05) is 10.6 Å². The van der Waals surface area contributed by atoms with E-state index in [-0.39, 0.29) is 18.4 Å². The highest BCUT2D eigenvalue weighted by atomic mass is 32.1. The first-order chi connectivity index (χ1) is 16.5. The molecule has 176 valence electrons. The number of hydrazone groups is 1. The first kappa shape index (κ1) is 23.5. The van der Waals surface area contributed by atoms with Crippen molar-refractivity contribution >= 4 is 35.1 Å². The Balaban J connectivity index is 1.31. The van der Waals surface area contributed by atoms with Crippen LogP contribution in [0.15, 0.2) is 53.6 Å². The number of anilines is 1. The van der Waals surface area contributed by atoms with Gasteiger partial charge in [0.25, 0.3) is 11.8 Å². The lowest BCUT2D eigenvalue weighted by molar-refractivity contribution is -0.118. The van der Waals surface area contributed by atoms with Gasteiger partial charge in [0.05, 0.1) is 18.2 Å². The number of carbonyl (C=O) groups is 2. The lowest BCUT2D eigenvalue weighted by Crippen LogP contribution is -2.20. The molecule has 1 aliphatic rings. The highest BCUT2D eigenvalue weighted by Crippen LogP contribution is 2.30. The van der Waals surface area contributed by atoms with Crippen LogP contribution in [0.25, 0.3) is 0 Å². The van der Waals surface area contributed by atoms with Gasteiger partial charge in [-0.1, -0.05) is 17.7 Å². The monoisotopic (exact) mass is 477 g/mol.